The monoisotopic (exact) mass is 479 g/mol. The van der Waals surface area contributed by atoms with Crippen LogP contribution in [0.2, 0.25) is 0 Å². The van der Waals surface area contributed by atoms with E-state index >= 15 is 0 Å². The number of hydrogen-bond donors (Lipinski definition) is 0. The number of fused-ring (bicyclic) bond motifs is 1. The van der Waals surface area contributed by atoms with E-state index in [1.807, 2.05) is 4.90 Å². The van der Waals surface area contributed by atoms with Gasteiger partial charge in [-0.1, -0.05) is 26.8 Å². The lowest BCUT2D eigenvalue weighted by Crippen LogP contribution is -2.48. The van der Waals surface area contributed by atoms with Crippen molar-refractivity contribution in [2.45, 2.75) is 40.0 Å². The fourth-order valence-corrected chi connectivity index (χ4v) is 5.67. The maximum atomic E-state index is 12.4. The Hall–Kier alpha value is -2.00. The molecular weight excluding hydrogens is 442 g/mol. The molecular formula is C24H37N3O5S. The van der Waals surface area contributed by atoms with Crippen LogP contribution in [0.15, 0.2) is 18.2 Å². The van der Waals surface area contributed by atoms with E-state index in [0.29, 0.717) is 52.5 Å². The number of hydrogen-bond acceptors (Lipinski definition) is 6. The van der Waals surface area contributed by atoms with Gasteiger partial charge in [-0.2, -0.15) is 4.31 Å². The Bertz CT molecular complexity index is 972. The molecule has 3 aliphatic heterocycles. The lowest BCUT2D eigenvalue weighted by molar-refractivity contribution is 0.0236. The number of anilines is 1. The van der Waals surface area contributed by atoms with Crippen molar-refractivity contribution < 1.29 is 22.7 Å². The minimum absolute atomic E-state index is 0.0340. The maximum absolute atomic E-state index is 12.4. The van der Waals surface area contributed by atoms with Crippen molar-refractivity contribution in [3.8, 4) is 5.75 Å². The molecule has 0 aromatic heterocycles. The Kier molecular flexibility index (Phi) is 6.57. The van der Waals surface area contributed by atoms with Gasteiger partial charge in [0.05, 0.1) is 19.5 Å². The van der Waals surface area contributed by atoms with E-state index in [2.05, 4.69) is 43.9 Å². The molecule has 3 aliphatic rings. The van der Waals surface area contributed by atoms with Crippen LogP contribution in [-0.4, -0.2) is 82.5 Å². The number of amides is 1. The predicted octanol–water partition coefficient (Wildman–Crippen LogP) is 2.97. The van der Waals surface area contributed by atoms with E-state index < -0.39 is 10.0 Å². The second-order valence-corrected chi connectivity index (χ2v) is 13.0. The Balaban J connectivity index is 1.33. The van der Waals surface area contributed by atoms with Crippen LogP contribution in [0.25, 0.3) is 0 Å². The molecule has 0 unspecified atom stereocenters. The summed E-state index contributed by atoms with van der Waals surface area (Å²) in [6.45, 7) is 11.0. The van der Waals surface area contributed by atoms with Crippen molar-refractivity contribution in [1.82, 2.24) is 9.21 Å². The van der Waals surface area contributed by atoms with Gasteiger partial charge in [0.25, 0.3) is 0 Å². The van der Waals surface area contributed by atoms with Crippen molar-refractivity contribution in [3.05, 3.63) is 23.8 Å². The third-order valence-electron chi connectivity index (χ3n) is 6.93. The van der Waals surface area contributed by atoms with E-state index in [0.717, 1.165) is 30.7 Å². The molecule has 2 fully saturated rings. The number of likely N-dealkylation sites (tertiary alicyclic amines) is 1. The molecule has 1 spiro atoms. The highest BCUT2D eigenvalue weighted by Gasteiger charge is 2.40. The summed E-state index contributed by atoms with van der Waals surface area (Å²) in [5.74, 6) is 0.927. The highest BCUT2D eigenvalue weighted by Crippen LogP contribution is 2.43. The zero-order valence-corrected chi connectivity index (χ0v) is 21.1. The van der Waals surface area contributed by atoms with E-state index in [-0.39, 0.29) is 16.9 Å². The van der Waals surface area contributed by atoms with Crippen LogP contribution in [0.1, 0.15) is 39.2 Å². The molecule has 9 heteroatoms. The summed E-state index contributed by atoms with van der Waals surface area (Å²) in [6.07, 6.45) is 3.83. The molecule has 4 rings (SSSR count). The average molecular weight is 480 g/mol. The fourth-order valence-electron chi connectivity index (χ4n) is 4.84. The van der Waals surface area contributed by atoms with Gasteiger partial charge >= 0.3 is 6.09 Å². The first-order chi connectivity index (χ1) is 15.4. The smallest absolute Gasteiger partial charge is 0.409 e. The Morgan fingerprint density at radius 2 is 1.76 bits per heavy atom. The fraction of sp³-hybridized carbons (Fsp3) is 0.708. The summed E-state index contributed by atoms with van der Waals surface area (Å²) in [4.78, 5) is 16.5. The van der Waals surface area contributed by atoms with E-state index in [9.17, 15) is 13.2 Å². The second kappa shape index (κ2) is 8.98. The highest BCUT2D eigenvalue weighted by molar-refractivity contribution is 7.88. The standard InChI is InChI=1S/C24H37N3O5S/c1-23(2,3)17-32-22(28)26-9-7-24(8-10-26)16-19-5-6-20(15-21(19)31-18-24)25-11-13-27(14-12-25)33(4,29)30/h5-6,15H,7-14,16-18H2,1-4H3. The van der Waals surface area contributed by atoms with Gasteiger partial charge in [0, 0.05) is 56.4 Å². The SMILES string of the molecule is CC(C)(C)COC(=O)N1CCC2(CC1)COc1cc(N3CCN(S(C)(=O)=O)CC3)ccc1C2. The van der Waals surface area contributed by atoms with Gasteiger partial charge < -0.3 is 19.3 Å². The van der Waals surface area contributed by atoms with Gasteiger partial charge in [-0.3, -0.25) is 0 Å². The molecule has 0 atom stereocenters. The van der Waals surface area contributed by atoms with E-state index in [1.165, 1.54) is 16.1 Å². The molecule has 2 saturated heterocycles. The van der Waals surface area contributed by atoms with E-state index in [1.54, 1.807) is 0 Å². The summed E-state index contributed by atoms with van der Waals surface area (Å²) in [7, 11) is -3.13. The first-order valence-corrected chi connectivity index (χ1v) is 13.7. The van der Waals surface area contributed by atoms with Crippen LogP contribution in [0, 0.1) is 10.8 Å². The van der Waals surface area contributed by atoms with Crippen LogP contribution in [-0.2, 0) is 21.2 Å². The number of nitrogens with zero attached hydrogens (tertiary/aromatic N) is 3. The first kappa shape index (κ1) is 24.1. The molecule has 184 valence electrons. The summed E-state index contributed by atoms with van der Waals surface area (Å²) >= 11 is 0. The zero-order valence-electron chi connectivity index (χ0n) is 20.3. The Morgan fingerprint density at radius 1 is 1.09 bits per heavy atom. The van der Waals surface area contributed by atoms with Crippen molar-refractivity contribution in [3.63, 3.8) is 0 Å². The second-order valence-electron chi connectivity index (χ2n) is 11.0. The molecule has 0 saturated carbocycles. The minimum atomic E-state index is -3.13. The van der Waals surface area contributed by atoms with Crippen molar-refractivity contribution in [2.75, 3.05) is 63.6 Å². The lowest BCUT2D eigenvalue weighted by Gasteiger charge is -2.44. The van der Waals surface area contributed by atoms with Crippen molar-refractivity contribution in [1.29, 1.82) is 0 Å². The molecule has 3 heterocycles. The number of rotatable bonds is 3. The number of benzene rings is 1. The number of carbonyl (C=O) groups excluding carboxylic acids is 1. The van der Waals surface area contributed by atoms with Gasteiger partial charge in [-0.25, -0.2) is 13.2 Å². The minimum Gasteiger partial charge on any atom is -0.493 e. The molecule has 8 nitrogen and oxygen atoms in total. The Morgan fingerprint density at radius 3 is 2.36 bits per heavy atom. The normalized spacial score (nSPS) is 21.5. The number of sulfonamides is 1. The molecule has 1 aromatic carbocycles. The van der Waals surface area contributed by atoms with Crippen LogP contribution in [0.4, 0.5) is 10.5 Å². The molecule has 0 bridgehead atoms. The van der Waals surface area contributed by atoms with E-state index in [4.69, 9.17) is 9.47 Å². The third-order valence-corrected chi connectivity index (χ3v) is 8.24. The number of piperazine rings is 1. The van der Waals surface area contributed by atoms with Crippen LogP contribution >= 0.6 is 0 Å². The highest BCUT2D eigenvalue weighted by atomic mass is 32.2. The molecule has 0 aliphatic carbocycles. The van der Waals surface area contributed by atoms with Crippen molar-refractivity contribution >= 4 is 21.8 Å². The van der Waals surface area contributed by atoms with Gasteiger partial charge in [0.1, 0.15) is 5.75 Å². The largest absolute Gasteiger partial charge is 0.493 e. The molecule has 33 heavy (non-hydrogen) atoms. The summed E-state index contributed by atoms with van der Waals surface area (Å²) < 4.78 is 36.8. The van der Waals surface area contributed by atoms with Gasteiger partial charge in [0.2, 0.25) is 10.0 Å². The summed E-state index contributed by atoms with van der Waals surface area (Å²) in [5.41, 5.74) is 2.32. The summed E-state index contributed by atoms with van der Waals surface area (Å²) in [6, 6.07) is 6.37. The van der Waals surface area contributed by atoms with Crippen LogP contribution < -0.4 is 9.64 Å². The Labute approximate surface area is 197 Å². The van der Waals surface area contributed by atoms with Crippen molar-refractivity contribution in [2.24, 2.45) is 10.8 Å². The third kappa shape index (κ3) is 5.74. The molecule has 0 radical (unpaired) electrons. The number of piperidine rings is 1. The molecule has 0 N–H and O–H groups in total. The number of ether oxygens (including phenoxy) is 2. The van der Waals surface area contributed by atoms with Gasteiger partial charge in [-0.05, 0) is 36.3 Å². The molecule has 1 aromatic rings. The van der Waals surface area contributed by atoms with Crippen LogP contribution in [0.5, 0.6) is 5.75 Å². The van der Waals surface area contributed by atoms with Gasteiger partial charge in [-0.15, -0.1) is 0 Å². The first-order valence-electron chi connectivity index (χ1n) is 11.8. The van der Waals surface area contributed by atoms with Gasteiger partial charge in [0.15, 0.2) is 0 Å². The quantitative estimate of drug-likeness (QED) is 0.663. The molecule has 1 amide bonds. The predicted molar refractivity (Wildman–Crippen MR) is 128 cm³/mol. The number of carbonyl (C=O) groups is 1. The summed E-state index contributed by atoms with van der Waals surface area (Å²) in [5, 5.41) is 0. The van der Waals surface area contributed by atoms with Crippen LogP contribution in [0.3, 0.4) is 0 Å². The topological polar surface area (TPSA) is 79.4 Å². The average Bonchev–Trinajstić information content (AvgIpc) is 2.77. The zero-order chi connectivity index (χ0) is 23.9. The lowest BCUT2D eigenvalue weighted by atomic mass is 9.73. The maximum Gasteiger partial charge on any atom is 0.409 e.